The second-order valence-electron chi connectivity index (χ2n) is 5.13. The van der Waals surface area contributed by atoms with Crippen molar-refractivity contribution in [2.24, 2.45) is 0 Å². The highest BCUT2D eigenvalue weighted by atomic mass is 15.0. The highest BCUT2D eigenvalue weighted by Gasteiger charge is 2.19. The number of hydrogen-bond acceptors (Lipinski definition) is 4. The van der Waals surface area contributed by atoms with Crippen LogP contribution in [0, 0.1) is 11.3 Å². The summed E-state index contributed by atoms with van der Waals surface area (Å²) in [5.74, 6) is 0.674. The normalized spacial score (nSPS) is 17.1. The molecule has 0 saturated carbocycles. The van der Waals surface area contributed by atoms with Gasteiger partial charge in [-0.05, 0) is 36.5 Å². The number of hydrogen-bond donors (Lipinski definition) is 2. The van der Waals surface area contributed by atoms with E-state index < -0.39 is 0 Å². The van der Waals surface area contributed by atoms with E-state index in [4.69, 9.17) is 11.0 Å². The highest BCUT2D eigenvalue weighted by molar-refractivity contribution is 5.63. The van der Waals surface area contributed by atoms with Crippen molar-refractivity contribution < 1.29 is 0 Å². The summed E-state index contributed by atoms with van der Waals surface area (Å²) in [5.41, 5.74) is 9.78. The van der Waals surface area contributed by atoms with Crippen molar-refractivity contribution in [2.45, 2.75) is 25.3 Å². The Kier molecular flexibility index (Phi) is 3.26. The van der Waals surface area contributed by atoms with Gasteiger partial charge in [-0.1, -0.05) is 24.3 Å². The van der Waals surface area contributed by atoms with E-state index in [1.807, 2.05) is 6.07 Å². The second-order valence-corrected chi connectivity index (χ2v) is 5.13. The van der Waals surface area contributed by atoms with E-state index in [-0.39, 0.29) is 0 Å². The van der Waals surface area contributed by atoms with Crippen molar-refractivity contribution >= 4 is 11.5 Å². The van der Waals surface area contributed by atoms with E-state index in [0.717, 1.165) is 19.3 Å². The fraction of sp³-hybridized carbons (Fsp3) is 0.250. The molecule has 0 saturated heterocycles. The summed E-state index contributed by atoms with van der Waals surface area (Å²) in [4.78, 5) is 4.24. The van der Waals surface area contributed by atoms with Crippen molar-refractivity contribution in [1.82, 2.24) is 4.98 Å². The molecule has 1 unspecified atom stereocenters. The summed E-state index contributed by atoms with van der Waals surface area (Å²) in [5, 5.41) is 12.2. The Morgan fingerprint density at radius 2 is 2.10 bits per heavy atom. The Hall–Kier alpha value is -2.54. The molecular formula is C16H16N4. The van der Waals surface area contributed by atoms with Gasteiger partial charge in [-0.3, -0.25) is 0 Å². The largest absolute Gasteiger partial charge is 0.396 e. The van der Waals surface area contributed by atoms with E-state index in [1.54, 1.807) is 12.3 Å². The molecule has 20 heavy (non-hydrogen) atoms. The van der Waals surface area contributed by atoms with E-state index in [1.165, 1.54) is 11.1 Å². The van der Waals surface area contributed by atoms with Crippen LogP contribution in [0.15, 0.2) is 36.5 Å². The quantitative estimate of drug-likeness (QED) is 0.874. The fourth-order valence-electron chi connectivity index (χ4n) is 2.68. The zero-order chi connectivity index (χ0) is 13.9. The minimum atomic E-state index is 0.340. The van der Waals surface area contributed by atoms with Crippen LogP contribution in [0.2, 0.25) is 0 Å². The van der Waals surface area contributed by atoms with Crippen LogP contribution in [-0.4, -0.2) is 11.0 Å². The van der Waals surface area contributed by atoms with Crippen LogP contribution in [0.1, 0.15) is 23.1 Å². The van der Waals surface area contributed by atoms with E-state index >= 15 is 0 Å². The van der Waals surface area contributed by atoms with E-state index in [0.29, 0.717) is 23.1 Å². The number of aromatic nitrogens is 1. The molecule has 0 fully saturated rings. The first-order valence-corrected chi connectivity index (χ1v) is 6.75. The molecule has 1 atom stereocenters. The predicted molar refractivity (Wildman–Crippen MR) is 79.2 cm³/mol. The number of nitrogens with two attached hydrogens (primary N) is 1. The van der Waals surface area contributed by atoms with Gasteiger partial charge in [0, 0.05) is 12.2 Å². The smallest absolute Gasteiger partial charge is 0.149 e. The zero-order valence-electron chi connectivity index (χ0n) is 11.1. The third-order valence-corrected chi connectivity index (χ3v) is 3.73. The molecule has 0 aliphatic heterocycles. The topological polar surface area (TPSA) is 74.7 Å². The summed E-state index contributed by atoms with van der Waals surface area (Å²) in [7, 11) is 0. The summed E-state index contributed by atoms with van der Waals surface area (Å²) < 4.78 is 0. The first kappa shape index (κ1) is 12.5. The maximum atomic E-state index is 8.82. The molecule has 1 aliphatic rings. The van der Waals surface area contributed by atoms with Gasteiger partial charge in [0.05, 0.1) is 11.3 Å². The van der Waals surface area contributed by atoms with Gasteiger partial charge in [-0.2, -0.15) is 5.26 Å². The Morgan fingerprint density at radius 1 is 1.30 bits per heavy atom. The number of benzene rings is 1. The standard InChI is InChI=1S/C16H16N4/c17-9-11-7-15(18)16(19-10-11)20-14-6-5-12-3-1-2-4-13(12)8-14/h1-4,7,10,14H,5-6,8,18H2,(H,19,20). The minimum Gasteiger partial charge on any atom is -0.396 e. The van der Waals surface area contributed by atoms with Crippen molar-refractivity contribution in [3.05, 3.63) is 53.2 Å². The molecule has 2 aromatic rings. The molecule has 1 aromatic carbocycles. The predicted octanol–water partition coefficient (Wildman–Crippen LogP) is 2.50. The number of nitrogens with zero attached hydrogens (tertiary/aromatic N) is 2. The molecule has 4 nitrogen and oxygen atoms in total. The van der Waals surface area contributed by atoms with Crippen molar-refractivity contribution in [3.8, 4) is 6.07 Å². The zero-order valence-corrected chi connectivity index (χ0v) is 11.1. The first-order chi connectivity index (χ1) is 9.76. The molecule has 0 amide bonds. The lowest BCUT2D eigenvalue weighted by atomic mass is 9.88. The summed E-state index contributed by atoms with van der Waals surface area (Å²) in [6, 6.07) is 12.6. The molecule has 3 rings (SSSR count). The number of fused-ring (bicyclic) bond motifs is 1. The van der Waals surface area contributed by atoms with Gasteiger partial charge in [0.25, 0.3) is 0 Å². The molecule has 4 heteroatoms. The molecular weight excluding hydrogens is 248 g/mol. The Bertz CT molecular complexity index is 672. The second kappa shape index (κ2) is 5.22. The SMILES string of the molecule is N#Cc1cnc(NC2CCc3ccccc3C2)c(N)c1. The molecule has 3 N–H and O–H groups in total. The monoisotopic (exact) mass is 264 g/mol. The van der Waals surface area contributed by atoms with E-state index in [9.17, 15) is 0 Å². The average Bonchev–Trinajstić information content (AvgIpc) is 2.49. The average molecular weight is 264 g/mol. The van der Waals surface area contributed by atoms with Crippen molar-refractivity contribution in [2.75, 3.05) is 11.1 Å². The van der Waals surface area contributed by atoms with Crippen molar-refractivity contribution in [3.63, 3.8) is 0 Å². The van der Waals surface area contributed by atoms with Crippen LogP contribution in [0.5, 0.6) is 0 Å². The molecule has 0 spiro atoms. The number of nitrogens with one attached hydrogen (secondary N) is 1. The lowest BCUT2D eigenvalue weighted by molar-refractivity contribution is 0.609. The molecule has 0 radical (unpaired) electrons. The van der Waals surface area contributed by atoms with Gasteiger partial charge >= 0.3 is 0 Å². The van der Waals surface area contributed by atoms with Crippen molar-refractivity contribution in [1.29, 1.82) is 5.26 Å². The van der Waals surface area contributed by atoms with E-state index in [2.05, 4.69) is 34.6 Å². The van der Waals surface area contributed by atoms with Crippen LogP contribution in [0.3, 0.4) is 0 Å². The number of nitrogen functional groups attached to an aromatic ring is 1. The van der Waals surface area contributed by atoms with Gasteiger partial charge in [-0.25, -0.2) is 4.98 Å². The summed E-state index contributed by atoms with van der Waals surface area (Å²) >= 11 is 0. The van der Waals surface area contributed by atoms with Crippen LogP contribution >= 0.6 is 0 Å². The summed E-state index contributed by atoms with van der Waals surface area (Å²) in [6.45, 7) is 0. The first-order valence-electron chi connectivity index (χ1n) is 6.75. The van der Waals surface area contributed by atoms with Gasteiger partial charge in [-0.15, -0.1) is 0 Å². The van der Waals surface area contributed by atoms with Gasteiger partial charge in [0.1, 0.15) is 11.9 Å². The number of aryl methyl sites for hydroxylation is 1. The van der Waals surface area contributed by atoms with Crippen LogP contribution in [-0.2, 0) is 12.8 Å². The van der Waals surface area contributed by atoms with Gasteiger partial charge < -0.3 is 11.1 Å². The number of rotatable bonds is 2. The van der Waals surface area contributed by atoms with Crippen LogP contribution in [0.25, 0.3) is 0 Å². The number of nitriles is 1. The molecule has 100 valence electrons. The molecule has 1 heterocycles. The minimum absolute atomic E-state index is 0.340. The van der Waals surface area contributed by atoms with Gasteiger partial charge in [0.15, 0.2) is 0 Å². The molecule has 1 aliphatic carbocycles. The highest BCUT2D eigenvalue weighted by Crippen LogP contribution is 2.25. The maximum Gasteiger partial charge on any atom is 0.149 e. The summed E-state index contributed by atoms with van der Waals surface area (Å²) in [6.07, 6.45) is 4.68. The van der Waals surface area contributed by atoms with Crippen LogP contribution < -0.4 is 11.1 Å². The number of pyridine rings is 1. The lowest BCUT2D eigenvalue weighted by Crippen LogP contribution is -2.28. The Balaban J connectivity index is 1.75. The molecule has 0 bridgehead atoms. The number of anilines is 2. The maximum absolute atomic E-state index is 8.82. The third-order valence-electron chi connectivity index (χ3n) is 3.73. The third kappa shape index (κ3) is 2.43. The Morgan fingerprint density at radius 3 is 2.85 bits per heavy atom. The Labute approximate surface area is 118 Å². The fourth-order valence-corrected chi connectivity index (χ4v) is 2.68. The molecule has 1 aromatic heterocycles. The van der Waals surface area contributed by atoms with Crippen LogP contribution in [0.4, 0.5) is 11.5 Å². The van der Waals surface area contributed by atoms with Gasteiger partial charge in [0.2, 0.25) is 0 Å². The lowest BCUT2D eigenvalue weighted by Gasteiger charge is -2.26.